The number of benzene rings is 1. The van der Waals surface area contributed by atoms with E-state index >= 15 is 0 Å². The van der Waals surface area contributed by atoms with Gasteiger partial charge in [-0.25, -0.2) is 9.59 Å². The molecule has 0 aliphatic heterocycles. The summed E-state index contributed by atoms with van der Waals surface area (Å²) in [6.45, 7) is 15.4. The van der Waals surface area contributed by atoms with E-state index in [1.54, 1.807) is 12.1 Å². The van der Waals surface area contributed by atoms with Gasteiger partial charge in [-0.3, -0.25) is 0 Å². The lowest BCUT2D eigenvalue weighted by molar-refractivity contribution is 0.0445. The highest BCUT2D eigenvalue weighted by molar-refractivity contribution is 6.04. The molecule has 0 amide bonds. The number of ether oxygens (including phenoxy) is 2. The van der Waals surface area contributed by atoms with Crippen molar-refractivity contribution in [3.63, 3.8) is 0 Å². The van der Waals surface area contributed by atoms with Crippen molar-refractivity contribution in [2.75, 3.05) is 13.2 Å². The molecular formula is C24H38O4. The van der Waals surface area contributed by atoms with Crippen molar-refractivity contribution in [1.82, 2.24) is 0 Å². The third-order valence-corrected chi connectivity index (χ3v) is 4.61. The normalized spacial score (nSPS) is 11.8. The fraction of sp³-hybridized carbons (Fsp3) is 0.667. The van der Waals surface area contributed by atoms with Gasteiger partial charge >= 0.3 is 11.9 Å². The van der Waals surface area contributed by atoms with Crippen molar-refractivity contribution in [2.45, 2.75) is 79.6 Å². The van der Waals surface area contributed by atoms with Gasteiger partial charge in [0.2, 0.25) is 0 Å². The molecule has 0 aliphatic rings. The average Bonchev–Trinajstić information content (AvgIpc) is 2.60. The third-order valence-electron chi connectivity index (χ3n) is 4.61. The van der Waals surface area contributed by atoms with E-state index in [1.807, 2.05) is 26.8 Å². The van der Waals surface area contributed by atoms with Crippen molar-refractivity contribution < 1.29 is 19.1 Å². The molecule has 0 atom stereocenters. The molecule has 1 rings (SSSR count). The summed E-state index contributed by atoms with van der Waals surface area (Å²) in [6, 6.07) is 5.35. The van der Waals surface area contributed by atoms with Crippen LogP contribution < -0.4 is 0 Å². The van der Waals surface area contributed by atoms with Gasteiger partial charge in [0.1, 0.15) is 0 Å². The first-order valence-corrected chi connectivity index (χ1v) is 10.5. The number of carbonyl (C=O) groups excluding carboxylic acids is 2. The first-order chi connectivity index (χ1) is 13.0. The lowest BCUT2D eigenvalue weighted by Crippen LogP contribution is -2.23. The highest BCUT2D eigenvalue weighted by Gasteiger charge is 2.28. The molecule has 4 heteroatoms. The summed E-state index contributed by atoms with van der Waals surface area (Å²) in [5, 5.41) is 0. The Balaban J connectivity index is 2.99. The lowest BCUT2D eigenvalue weighted by atomic mass is 9.82. The van der Waals surface area contributed by atoms with Crippen LogP contribution in [0.2, 0.25) is 0 Å². The number of hydrogen-bond donors (Lipinski definition) is 0. The summed E-state index contributed by atoms with van der Waals surface area (Å²) in [7, 11) is 0. The highest BCUT2D eigenvalue weighted by atomic mass is 16.5. The second kappa shape index (κ2) is 11.2. The van der Waals surface area contributed by atoms with Crippen molar-refractivity contribution in [2.24, 2.45) is 11.8 Å². The van der Waals surface area contributed by atoms with Gasteiger partial charge in [0, 0.05) is 0 Å². The highest BCUT2D eigenvalue weighted by Crippen LogP contribution is 2.29. The Morgan fingerprint density at radius 1 is 0.857 bits per heavy atom. The number of carbonyl (C=O) groups is 2. The van der Waals surface area contributed by atoms with E-state index in [9.17, 15) is 9.59 Å². The van der Waals surface area contributed by atoms with Gasteiger partial charge in [0.15, 0.2) is 0 Å². The van der Waals surface area contributed by atoms with Crippen LogP contribution in [0.25, 0.3) is 0 Å². The summed E-state index contributed by atoms with van der Waals surface area (Å²) in [4.78, 5) is 25.6. The predicted octanol–water partition coefficient (Wildman–Crippen LogP) is 6.17. The SMILES string of the molecule is CC(C)CCCOC(=O)c1cccc(C(C)(C)C)c1C(=O)OCCCC(C)C. The molecule has 1 aromatic rings. The van der Waals surface area contributed by atoms with Gasteiger partial charge in [-0.1, -0.05) is 60.6 Å². The maximum atomic E-state index is 12.9. The van der Waals surface area contributed by atoms with E-state index in [-0.39, 0.29) is 5.41 Å². The first kappa shape index (κ1) is 24.2. The van der Waals surface area contributed by atoms with Crippen LogP contribution in [0.3, 0.4) is 0 Å². The summed E-state index contributed by atoms with van der Waals surface area (Å²) in [5.41, 5.74) is 1.15. The van der Waals surface area contributed by atoms with Crippen LogP contribution in [-0.2, 0) is 14.9 Å². The van der Waals surface area contributed by atoms with E-state index in [0.717, 1.165) is 31.2 Å². The molecule has 0 unspecified atom stereocenters. The Morgan fingerprint density at radius 3 is 1.82 bits per heavy atom. The van der Waals surface area contributed by atoms with Crippen molar-refractivity contribution in [1.29, 1.82) is 0 Å². The van der Waals surface area contributed by atoms with Crippen LogP contribution in [0.4, 0.5) is 0 Å². The zero-order chi connectivity index (χ0) is 21.3. The molecule has 28 heavy (non-hydrogen) atoms. The Hall–Kier alpha value is -1.84. The number of hydrogen-bond acceptors (Lipinski definition) is 4. The maximum Gasteiger partial charge on any atom is 0.339 e. The van der Waals surface area contributed by atoms with Crippen molar-refractivity contribution >= 4 is 11.9 Å². The van der Waals surface area contributed by atoms with Gasteiger partial charge < -0.3 is 9.47 Å². The standard InChI is InChI=1S/C24H38O4/c1-17(2)11-9-15-27-22(25)19-13-8-14-20(24(5,6)7)21(19)23(26)28-16-10-12-18(3)4/h8,13-14,17-18H,9-12,15-16H2,1-7H3. The molecule has 0 radical (unpaired) electrons. The van der Waals surface area contributed by atoms with Gasteiger partial charge in [0.25, 0.3) is 0 Å². The molecule has 4 nitrogen and oxygen atoms in total. The number of esters is 2. The van der Waals surface area contributed by atoms with Crippen LogP contribution in [0, 0.1) is 11.8 Å². The molecule has 1 aromatic carbocycles. The van der Waals surface area contributed by atoms with Crippen molar-refractivity contribution in [3.05, 3.63) is 34.9 Å². The summed E-state index contributed by atoms with van der Waals surface area (Å²) in [6.07, 6.45) is 3.63. The van der Waals surface area contributed by atoms with Crippen LogP contribution in [-0.4, -0.2) is 25.2 Å². The zero-order valence-corrected chi connectivity index (χ0v) is 18.8. The Kier molecular flexibility index (Phi) is 9.71. The van der Waals surface area contributed by atoms with Crippen LogP contribution >= 0.6 is 0 Å². The Labute approximate surface area is 171 Å². The smallest absolute Gasteiger partial charge is 0.339 e. The summed E-state index contributed by atoms with van der Waals surface area (Å²) < 4.78 is 11.0. The monoisotopic (exact) mass is 390 g/mol. The topological polar surface area (TPSA) is 52.6 Å². The van der Waals surface area contributed by atoms with E-state index in [2.05, 4.69) is 27.7 Å². The number of rotatable bonds is 10. The second-order valence-electron chi connectivity index (χ2n) is 9.32. The van der Waals surface area contributed by atoms with Gasteiger partial charge in [-0.15, -0.1) is 0 Å². The minimum atomic E-state index is -0.455. The molecule has 0 saturated carbocycles. The Morgan fingerprint density at radius 2 is 1.36 bits per heavy atom. The van der Waals surface area contributed by atoms with E-state index in [4.69, 9.17) is 9.47 Å². The molecule has 0 spiro atoms. The quantitative estimate of drug-likeness (QED) is 0.354. The average molecular weight is 391 g/mol. The zero-order valence-electron chi connectivity index (χ0n) is 18.8. The second-order valence-corrected chi connectivity index (χ2v) is 9.32. The fourth-order valence-electron chi connectivity index (χ4n) is 3.03. The first-order valence-electron chi connectivity index (χ1n) is 10.5. The third kappa shape index (κ3) is 8.04. The summed E-state index contributed by atoms with van der Waals surface area (Å²) in [5.74, 6) is 0.239. The van der Waals surface area contributed by atoms with Crippen LogP contribution in [0.15, 0.2) is 18.2 Å². The minimum Gasteiger partial charge on any atom is -0.462 e. The van der Waals surface area contributed by atoms with Gasteiger partial charge in [-0.2, -0.15) is 0 Å². The molecule has 0 aromatic heterocycles. The van der Waals surface area contributed by atoms with Gasteiger partial charge in [-0.05, 0) is 54.6 Å². The molecule has 0 aliphatic carbocycles. The molecule has 0 bridgehead atoms. The van der Waals surface area contributed by atoms with Gasteiger partial charge in [0.05, 0.1) is 24.3 Å². The molecule has 0 heterocycles. The summed E-state index contributed by atoms with van der Waals surface area (Å²) >= 11 is 0. The van der Waals surface area contributed by atoms with Crippen LogP contribution in [0.1, 0.15) is 100 Å². The maximum absolute atomic E-state index is 12.9. The van der Waals surface area contributed by atoms with Crippen molar-refractivity contribution in [3.8, 4) is 0 Å². The minimum absolute atomic E-state index is 0.291. The Bertz CT molecular complexity index is 638. The van der Waals surface area contributed by atoms with Crippen LogP contribution in [0.5, 0.6) is 0 Å². The van der Waals surface area contributed by atoms with E-state index < -0.39 is 11.9 Å². The lowest BCUT2D eigenvalue weighted by Gasteiger charge is -2.23. The largest absolute Gasteiger partial charge is 0.462 e. The fourth-order valence-corrected chi connectivity index (χ4v) is 3.03. The molecule has 0 N–H and O–H groups in total. The molecule has 0 fully saturated rings. The molecule has 158 valence electrons. The molecular weight excluding hydrogens is 352 g/mol. The van der Waals surface area contributed by atoms with E-state index in [0.29, 0.717) is 36.2 Å². The molecule has 0 saturated heterocycles. The predicted molar refractivity (Wildman–Crippen MR) is 114 cm³/mol. The van der Waals surface area contributed by atoms with E-state index in [1.165, 1.54) is 0 Å².